The SMILES string of the molecule is CCCN(CCC)C(=O)c1cccc(C(=O)NC(Cc2ccc(F)cc2)C(N)CC(C)C(=O)NC(C(=O)NCc2ccccc2)C(C)C)c1. The fraction of sp³-hybridized carbons (Fsp3) is 0.436. The van der Waals surface area contributed by atoms with Crippen molar-refractivity contribution in [2.75, 3.05) is 13.1 Å². The summed E-state index contributed by atoms with van der Waals surface area (Å²) in [6, 6.07) is 20.0. The van der Waals surface area contributed by atoms with E-state index >= 15 is 0 Å². The number of nitrogens with one attached hydrogen (secondary N) is 3. The fourth-order valence-electron chi connectivity index (χ4n) is 5.67. The number of rotatable bonds is 18. The summed E-state index contributed by atoms with van der Waals surface area (Å²) in [5.41, 5.74) is 9.14. The zero-order chi connectivity index (χ0) is 35.9. The number of hydrogen-bond acceptors (Lipinski definition) is 5. The van der Waals surface area contributed by atoms with E-state index in [9.17, 15) is 23.6 Å². The van der Waals surface area contributed by atoms with E-state index in [1.807, 2.05) is 58.0 Å². The van der Waals surface area contributed by atoms with Crippen molar-refractivity contribution in [3.63, 3.8) is 0 Å². The van der Waals surface area contributed by atoms with Crippen molar-refractivity contribution >= 4 is 23.6 Å². The quantitative estimate of drug-likeness (QED) is 0.147. The maximum Gasteiger partial charge on any atom is 0.253 e. The Balaban J connectivity index is 1.73. The maximum absolute atomic E-state index is 13.7. The fourth-order valence-corrected chi connectivity index (χ4v) is 5.67. The molecule has 4 amide bonds. The molecule has 10 heteroatoms. The second kappa shape index (κ2) is 19.4. The summed E-state index contributed by atoms with van der Waals surface area (Å²) in [5.74, 6) is -2.29. The van der Waals surface area contributed by atoms with Crippen molar-refractivity contribution in [2.45, 2.75) is 85.0 Å². The molecule has 0 spiro atoms. The Labute approximate surface area is 290 Å². The van der Waals surface area contributed by atoms with E-state index < -0.39 is 30.0 Å². The molecule has 4 atom stereocenters. The summed E-state index contributed by atoms with van der Waals surface area (Å²) < 4.78 is 13.7. The Bertz CT molecular complexity index is 1510. The smallest absolute Gasteiger partial charge is 0.253 e. The van der Waals surface area contributed by atoms with E-state index in [-0.39, 0.29) is 42.3 Å². The van der Waals surface area contributed by atoms with Gasteiger partial charge in [-0.15, -0.1) is 0 Å². The molecule has 4 unspecified atom stereocenters. The molecule has 0 saturated carbocycles. The van der Waals surface area contributed by atoms with Crippen LogP contribution in [0, 0.1) is 17.7 Å². The van der Waals surface area contributed by atoms with Crippen LogP contribution in [0.1, 0.15) is 85.7 Å². The molecule has 0 saturated heterocycles. The molecule has 0 aliphatic heterocycles. The minimum absolute atomic E-state index is 0.133. The Morgan fingerprint density at radius 1 is 0.776 bits per heavy atom. The zero-order valence-electron chi connectivity index (χ0n) is 29.4. The summed E-state index contributed by atoms with van der Waals surface area (Å²) in [6.45, 7) is 11.1. The van der Waals surface area contributed by atoms with Crippen LogP contribution in [0.25, 0.3) is 0 Å². The highest BCUT2D eigenvalue weighted by Crippen LogP contribution is 2.16. The van der Waals surface area contributed by atoms with Gasteiger partial charge in [0.15, 0.2) is 0 Å². The lowest BCUT2D eigenvalue weighted by atomic mass is 9.91. The third kappa shape index (κ3) is 12.1. The number of benzene rings is 3. The van der Waals surface area contributed by atoms with Crippen molar-refractivity contribution in [2.24, 2.45) is 17.6 Å². The molecule has 0 fully saturated rings. The van der Waals surface area contributed by atoms with E-state index in [1.165, 1.54) is 12.1 Å². The van der Waals surface area contributed by atoms with Crippen LogP contribution >= 0.6 is 0 Å². The van der Waals surface area contributed by atoms with Crippen LogP contribution in [0.2, 0.25) is 0 Å². The second-order valence-corrected chi connectivity index (χ2v) is 13.0. The van der Waals surface area contributed by atoms with E-state index in [0.29, 0.717) is 30.8 Å². The second-order valence-electron chi connectivity index (χ2n) is 13.0. The van der Waals surface area contributed by atoms with Crippen molar-refractivity contribution in [3.05, 3.63) is 107 Å². The van der Waals surface area contributed by atoms with Crippen LogP contribution in [-0.4, -0.2) is 59.7 Å². The predicted molar refractivity (Wildman–Crippen MR) is 191 cm³/mol. The Kier molecular flexibility index (Phi) is 15.4. The van der Waals surface area contributed by atoms with E-state index in [2.05, 4.69) is 16.0 Å². The first-order valence-corrected chi connectivity index (χ1v) is 17.3. The third-order valence-electron chi connectivity index (χ3n) is 8.48. The lowest BCUT2D eigenvalue weighted by molar-refractivity contribution is -0.132. The average molecular weight is 674 g/mol. The lowest BCUT2D eigenvalue weighted by Crippen LogP contribution is -2.53. The first-order valence-electron chi connectivity index (χ1n) is 17.3. The molecule has 9 nitrogen and oxygen atoms in total. The maximum atomic E-state index is 13.7. The van der Waals surface area contributed by atoms with Gasteiger partial charge in [-0.2, -0.15) is 0 Å². The van der Waals surface area contributed by atoms with E-state index in [1.54, 1.807) is 48.2 Å². The van der Waals surface area contributed by atoms with Gasteiger partial charge in [-0.1, -0.05) is 83.1 Å². The van der Waals surface area contributed by atoms with Crippen molar-refractivity contribution in [1.82, 2.24) is 20.9 Å². The monoisotopic (exact) mass is 673 g/mol. The van der Waals surface area contributed by atoms with E-state index in [0.717, 1.165) is 24.0 Å². The number of carbonyl (C=O) groups is 4. The molecule has 49 heavy (non-hydrogen) atoms. The molecular formula is C39H52FN5O4. The number of nitrogens with zero attached hydrogens (tertiary/aromatic N) is 1. The number of hydrogen-bond donors (Lipinski definition) is 4. The normalized spacial score (nSPS) is 13.6. The Hall–Kier alpha value is -4.57. The molecule has 0 bridgehead atoms. The third-order valence-corrected chi connectivity index (χ3v) is 8.48. The largest absolute Gasteiger partial charge is 0.350 e. The van der Waals surface area contributed by atoms with Gasteiger partial charge in [0.05, 0.1) is 0 Å². The van der Waals surface area contributed by atoms with Gasteiger partial charge in [0.25, 0.3) is 11.8 Å². The summed E-state index contributed by atoms with van der Waals surface area (Å²) in [5, 5.41) is 8.81. The summed E-state index contributed by atoms with van der Waals surface area (Å²) >= 11 is 0. The van der Waals surface area contributed by atoms with Crippen LogP contribution in [0.4, 0.5) is 4.39 Å². The highest BCUT2D eigenvalue weighted by Gasteiger charge is 2.29. The number of nitrogens with two attached hydrogens (primary N) is 1. The summed E-state index contributed by atoms with van der Waals surface area (Å²) in [6.07, 6.45) is 2.14. The first-order chi connectivity index (χ1) is 23.4. The molecule has 0 aliphatic rings. The Morgan fingerprint density at radius 3 is 2.02 bits per heavy atom. The van der Waals surface area contributed by atoms with Crippen LogP contribution in [0.5, 0.6) is 0 Å². The summed E-state index contributed by atoms with van der Waals surface area (Å²) in [4.78, 5) is 55.0. The minimum Gasteiger partial charge on any atom is -0.350 e. The van der Waals surface area contributed by atoms with Gasteiger partial charge in [0.2, 0.25) is 11.8 Å². The molecule has 3 rings (SSSR count). The van der Waals surface area contributed by atoms with Gasteiger partial charge in [0, 0.05) is 48.8 Å². The molecule has 264 valence electrons. The van der Waals surface area contributed by atoms with Gasteiger partial charge < -0.3 is 26.6 Å². The topological polar surface area (TPSA) is 134 Å². The van der Waals surface area contributed by atoms with E-state index in [4.69, 9.17) is 5.73 Å². The molecule has 0 heterocycles. The predicted octanol–water partition coefficient (Wildman–Crippen LogP) is 5.24. The van der Waals surface area contributed by atoms with Crippen LogP contribution < -0.4 is 21.7 Å². The summed E-state index contributed by atoms with van der Waals surface area (Å²) in [7, 11) is 0. The van der Waals surface area contributed by atoms with Gasteiger partial charge in [-0.3, -0.25) is 19.2 Å². The molecule has 3 aromatic carbocycles. The zero-order valence-corrected chi connectivity index (χ0v) is 29.4. The van der Waals surface area contributed by atoms with Crippen molar-refractivity contribution in [3.8, 4) is 0 Å². The van der Waals surface area contributed by atoms with Crippen LogP contribution in [0.3, 0.4) is 0 Å². The highest BCUT2D eigenvalue weighted by molar-refractivity contribution is 5.99. The first kappa shape index (κ1) is 38.9. The van der Waals surface area contributed by atoms with Gasteiger partial charge in [-0.05, 0) is 73.1 Å². The molecule has 0 aromatic heterocycles. The number of halogens is 1. The highest BCUT2D eigenvalue weighted by atomic mass is 19.1. The Morgan fingerprint density at radius 2 is 1.41 bits per heavy atom. The van der Waals surface area contributed by atoms with Gasteiger partial charge in [0.1, 0.15) is 11.9 Å². The van der Waals surface area contributed by atoms with Crippen LogP contribution in [0.15, 0.2) is 78.9 Å². The number of amides is 4. The lowest BCUT2D eigenvalue weighted by Gasteiger charge is -2.29. The van der Waals surface area contributed by atoms with Crippen molar-refractivity contribution < 1.29 is 23.6 Å². The molecular weight excluding hydrogens is 621 g/mol. The van der Waals surface area contributed by atoms with Crippen molar-refractivity contribution in [1.29, 1.82) is 0 Å². The molecule has 0 radical (unpaired) electrons. The number of carbonyl (C=O) groups excluding carboxylic acids is 4. The van der Waals surface area contributed by atoms with Gasteiger partial charge >= 0.3 is 0 Å². The minimum atomic E-state index is -0.745. The molecule has 3 aromatic rings. The average Bonchev–Trinajstić information content (AvgIpc) is 3.09. The standard InChI is InChI=1S/C39H52FN5O4/c1-6-20-45(21-7-2)39(49)31-15-11-14-30(24-31)37(47)43-34(23-28-16-18-32(40)19-17-28)33(41)22-27(5)36(46)44-35(26(3)4)38(48)42-25-29-12-9-8-10-13-29/h8-19,24,26-27,33-35H,6-7,20-23,25,41H2,1-5H3,(H,42,48)(H,43,47)(H,44,46). The molecule has 0 aliphatic carbocycles. The van der Waals surface area contributed by atoms with Crippen LogP contribution in [-0.2, 0) is 22.6 Å². The van der Waals surface area contributed by atoms with Gasteiger partial charge in [-0.25, -0.2) is 4.39 Å². The molecule has 5 N–H and O–H groups in total.